The first kappa shape index (κ1) is 11.3. The van der Waals surface area contributed by atoms with E-state index < -0.39 is 10.0 Å². The molecule has 16 heavy (non-hydrogen) atoms. The molecule has 0 unspecified atom stereocenters. The Kier molecular flexibility index (Phi) is 3.08. The van der Waals surface area contributed by atoms with Gasteiger partial charge in [0.25, 0.3) is 0 Å². The third kappa shape index (κ3) is 2.68. The number of nitrogens with two attached hydrogens (primary N) is 1. The normalized spacial score (nSPS) is 12.1. The number of fused-ring (bicyclic) bond motifs is 1. The molecule has 0 amide bonds. The van der Waals surface area contributed by atoms with Crippen molar-refractivity contribution in [3.8, 4) is 0 Å². The van der Waals surface area contributed by atoms with Crippen molar-refractivity contribution < 1.29 is 8.42 Å². The van der Waals surface area contributed by atoms with E-state index in [2.05, 4.69) is 19.9 Å². The van der Waals surface area contributed by atoms with E-state index in [0.29, 0.717) is 21.9 Å². The number of primary sulfonamides is 1. The van der Waals surface area contributed by atoms with E-state index in [4.69, 9.17) is 5.14 Å². The van der Waals surface area contributed by atoms with E-state index in [1.165, 1.54) is 24.4 Å². The molecule has 0 bridgehead atoms. The van der Waals surface area contributed by atoms with Gasteiger partial charge in [-0.25, -0.2) is 28.5 Å². The van der Waals surface area contributed by atoms with Gasteiger partial charge < -0.3 is 4.98 Å². The second kappa shape index (κ2) is 4.36. The fourth-order valence-electron chi connectivity index (χ4n) is 1.11. The third-order valence-corrected chi connectivity index (χ3v) is 3.82. The molecule has 0 aromatic carbocycles. The summed E-state index contributed by atoms with van der Waals surface area (Å²) in [5, 5.41) is 5.57. The minimum absolute atomic E-state index is 0.0860. The first-order chi connectivity index (χ1) is 7.56. The van der Waals surface area contributed by atoms with Crippen LogP contribution in [0.3, 0.4) is 0 Å². The van der Waals surface area contributed by atoms with Crippen LogP contribution >= 0.6 is 11.8 Å². The highest BCUT2D eigenvalue weighted by Crippen LogP contribution is 2.21. The van der Waals surface area contributed by atoms with Crippen LogP contribution in [0.5, 0.6) is 0 Å². The summed E-state index contributed by atoms with van der Waals surface area (Å²) in [6, 6.07) is 0. The molecule has 2 heterocycles. The number of thioether (sulfide) groups is 1. The van der Waals surface area contributed by atoms with Crippen LogP contribution in [-0.4, -0.2) is 39.9 Å². The Morgan fingerprint density at radius 2 is 2.19 bits per heavy atom. The lowest BCUT2D eigenvalue weighted by molar-refractivity contribution is 0.599. The van der Waals surface area contributed by atoms with Crippen LogP contribution in [0.4, 0.5) is 0 Å². The van der Waals surface area contributed by atoms with Gasteiger partial charge in [-0.15, -0.1) is 11.8 Å². The van der Waals surface area contributed by atoms with Crippen molar-refractivity contribution in [2.45, 2.75) is 5.03 Å². The Morgan fingerprint density at radius 3 is 2.94 bits per heavy atom. The number of nitrogens with zero attached hydrogens (tertiary/aromatic N) is 3. The maximum Gasteiger partial charge on any atom is 0.209 e. The number of rotatable bonds is 4. The molecular weight excluding hydrogens is 250 g/mol. The molecule has 0 atom stereocenters. The molecule has 0 aliphatic rings. The zero-order valence-corrected chi connectivity index (χ0v) is 9.75. The quantitative estimate of drug-likeness (QED) is 0.577. The Morgan fingerprint density at radius 1 is 1.38 bits per heavy atom. The lowest BCUT2D eigenvalue weighted by atomic mass is 10.6. The Hall–Kier alpha value is -1.19. The van der Waals surface area contributed by atoms with Gasteiger partial charge in [-0.2, -0.15) is 0 Å². The van der Waals surface area contributed by atoms with Gasteiger partial charge in [-0.05, 0) is 0 Å². The van der Waals surface area contributed by atoms with Crippen molar-refractivity contribution in [1.29, 1.82) is 0 Å². The molecule has 0 aliphatic heterocycles. The van der Waals surface area contributed by atoms with Gasteiger partial charge in [0.05, 0.1) is 12.1 Å². The van der Waals surface area contributed by atoms with Crippen molar-refractivity contribution in [3.63, 3.8) is 0 Å². The topological polar surface area (TPSA) is 115 Å². The average molecular weight is 259 g/mol. The Labute approximate surface area is 95.9 Å². The predicted molar refractivity (Wildman–Crippen MR) is 60.4 cm³/mol. The minimum Gasteiger partial charge on any atom is -0.341 e. The maximum absolute atomic E-state index is 10.7. The lowest BCUT2D eigenvalue weighted by Crippen LogP contribution is -2.17. The molecule has 0 radical (unpaired) electrons. The molecule has 7 nitrogen and oxygen atoms in total. The van der Waals surface area contributed by atoms with E-state index in [1.807, 2.05) is 0 Å². The lowest BCUT2D eigenvalue weighted by Gasteiger charge is -2.00. The largest absolute Gasteiger partial charge is 0.341 e. The maximum atomic E-state index is 10.7. The van der Waals surface area contributed by atoms with Crippen LogP contribution in [0, 0.1) is 0 Å². The minimum atomic E-state index is -3.42. The summed E-state index contributed by atoms with van der Waals surface area (Å²) in [7, 11) is -3.42. The van der Waals surface area contributed by atoms with Crippen molar-refractivity contribution in [1.82, 2.24) is 19.9 Å². The highest BCUT2D eigenvalue weighted by molar-refractivity contribution is 8.00. The summed E-state index contributed by atoms with van der Waals surface area (Å²) < 4.78 is 21.5. The molecule has 0 saturated heterocycles. The summed E-state index contributed by atoms with van der Waals surface area (Å²) in [6.07, 6.45) is 2.91. The van der Waals surface area contributed by atoms with Gasteiger partial charge >= 0.3 is 0 Å². The second-order valence-electron chi connectivity index (χ2n) is 3.00. The van der Waals surface area contributed by atoms with Crippen molar-refractivity contribution >= 4 is 32.9 Å². The van der Waals surface area contributed by atoms with E-state index in [0.717, 1.165) is 0 Å². The molecule has 9 heteroatoms. The van der Waals surface area contributed by atoms with Crippen LogP contribution in [0.25, 0.3) is 11.2 Å². The van der Waals surface area contributed by atoms with E-state index in [1.54, 1.807) is 0 Å². The molecule has 0 spiro atoms. The van der Waals surface area contributed by atoms with Crippen molar-refractivity contribution in [2.75, 3.05) is 11.5 Å². The van der Waals surface area contributed by atoms with Crippen LogP contribution in [0.15, 0.2) is 17.7 Å². The Bertz CT molecular complexity index is 594. The van der Waals surface area contributed by atoms with Gasteiger partial charge in [0.15, 0.2) is 5.65 Å². The average Bonchev–Trinajstić information content (AvgIpc) is 2.64. The molecule has 2 rings (SSSR count). The van der Waals surface area contributed by atoms with Crippen LogP contribution in [0.2, 0.25) is 0 Å². The summed E-state index contributed by atoms with van der Waals surface area (Å²) in [5.41, 5.74) is 1.27. The van der Waals surface area contributed by atoms with Gasteiger partial charge in [-0.3, -0.25) is 0 Å². The molecule has 0 aliphatic carbocycles. The van der Waals surface area contributed by atoms with E-state index >= 15 is 0 Å². The van der Waals surface area contributed by atoms with Gasteiger partial charge in [-0.1, -0.05) is 0 Å². The number of aromatic nitrogens is 4. The van der Waals surface area contributed by atoms with E-state index in [9.17, 15) is 8.42 Å². The first-order valence-corrected chi connectivity index (χ1v) is 7.04. The Balaban J connectivity index is 2.12. The molecule has 86 valence electrons. The zero-order valence-electron chi connectivity index (χ0n) is 8.12. The van der Waals surface area contributed by atoms with Gasteiger partial charge in [0.2, 0.25) is 10.0 Å². The van der Waals surface area contributed by atoms with Crippen molar-refractivity contribution in [3.05, 3.63) is 12.7 Å². The third-order valence-electron chi connectivity index (χ3n) is 1.79. The smallest absolute Gasteiger partial charge is 0.209 e. The van der Waals surface area contributed by atoms with Gasteiger partial charge in [0, 0.05) is 5.75 Å². The molecule has 3 N–H and O–H groups in total. The molecule has 2 aromatic heterocycles. The fraction of sp³-hybridized carbons (Fsp3) is 0.286. The number of H-pyrrole nitrogens is 1. The number of hydrogen-bond donors (Lipinski definition) is 2. The molecule has 0 fully saturated rings. The summed E-state index contributed by atoms with van der Waals surface area (Å²) >= 11 is 1.30. The summed E-state index contributed by atoms with van der Waals surface area (Å²) in [6.45, 7) is 0. The number of nitrogens with one attached hydrogen (secondary N) is 1. The van der Waals surface area contributed by atoms with Crippen LogP contribution in [-0.2, 0) is 10.0 Å². The zero-order chi connectivity index (χ0) is 11.6. The number of sulfonamides is 1. The van der Waals surface area contributed by atoms with E-state index in [-0.39, 0.29) is 5.75 Å². The summed E-state index contributed by atoms with van der Waals surface area (Å²) in [4.78, 5) is 14.9. The number of aromatic amines is 1. The first-order valence-electron chi connectivity index (χ1n) is 4.33. The monoisotopic (exact) mass is 259 g/mol. The number of imidazole rings is 1. The van der Waals surface area contributed by atoms with Crippen LogP contribution < -0.4 is 5.14 Å². The highest BCUT2D eigenvalue weighted by atomic mass is 32.2. The summed E-state index contributed by atoms with van der Waals surface area (Å²) in [5.74, 6) is 0.265. The standard InChI is InChI=1S/C7H9N5O2S2/c8-16(13,14)2-1-15-7-5-6(10-3-9-5)11-4-12-7/h3-4H,1-2H2,(H2,8,13,14)(H,9,10,11,12). The molecule has 0 saturated carbocycles. The number of hydrogen-bond acceptors (Lipinski definition) is 6. The fourth-order valence-corrected chi connectivity index (χ4v) is 2.98. The predicted octanol–water partition coefficient (Wildman–Crippen LogP) is -0.267. The van der Waals surface area contributed by atoms with Gasteiger partial charge in [0.1, 0.15) is 16.9 Å². The highest BCUT2D eigenvalue weighted by Gasteiger charge is 2.08. The van der Waals surface area contributed by atoms with Crippen LogP contribution in [0.1, 0.15) is 0 Å². The SMILES string of the molecule is NS(=O)(=O)CCSc1ncnc2nc[nH]c12. The second-order valence-corrected chi connectivity index (χ2v) is 5.81. The molecular formula is C7H9N5O2S2. The molecule has 2 aromatic rings. The van der Waals surface area contributed by atoms with Crippen molar-refractivity contribution in [2.24, 2.45) is 5.14 Å².